The minimum absolute atomic E-state index is 0.0249. The van der Waals surface area contributed by atoms with Crippen molar-refractivity contribution in [1.29, 1.82) is 0 Å². The van der Waals surface area contributed by atoms with Crippen molar-refractivity contribution in [2.45, 2.75) is 85.6 Å². The highest BCUT2D eigenvalue weighted by atomic mass is 16.2. The van der Waals surface area contributed by atoms with Crippen LogP contribution >= 0.6 is 0 Å². The van der Waals surface area contributed by atoms with E-state index in [0.717, 1.165) is 43.7 Å². The van der Waals surface area contributed by atoms with E-state index in [1.54, 1.807) is 0 Å². The quantitative estimate of drug-likeness (QED) is 0.272. The summed E-state index contributed by atoms with van der Waals surface area (Å²) < 4.78 is 0. The van der Waals surface area contributed by atoms with Crippen molar-refractivity contribution >= 4 is 11.6 Å². The molecule has 3 aromatic rings. The summed E-state index contributed by atoms with van der Waals surface area (Å²) in [6, 6.07) is 25.1. The topological polar surface area (TPSA) is 23.6 Å². The Morgan fingerprint density at radius 2 is 1.26 bits per heavy atom. The van der Waals surface area contributed by atoms with Gasteiger partial charge >= 0.3 is 0 Å². The van der Waals surface area contributed by atoms with E-state index in [0.29, 0.717) is 12.1 Å². The Hall–Kier alpha value is -2.91. The zero-order valence-corrected chi connectivity index (χ0v) is 25.0. The first kappa shape index (κ1) is 29.6. The summed E-state index contributed by atoms with van der Waals surface area (Å²) in [5, 5.41) is 0. The third kappa shape index (κ3) is 8.04. The fourth-order valence-corrected chi connectivity index (χ4v) is 4.74. The number of benzene rings is 3. The summed E-state index contributed by atoms with van der Waals surface area (Å²) >= 11 is 0. The molecule has 0 radical (unpaired) electrons. The molecule has 0 aliphatic rings. The molecule has 38 heavy (non-hydrogen) atoms. The van der Waals surface area contributed by atoms with Crippen molar-refractivity contribution in [3.8, 4) is 0 Å². The van der Waals surface area contributed by atoms with Crippen LogP contribution in [0.1, 0.15) is 94.4 Å². The van der Waals surface area contributed by atoms with Gasteiger partial charge in [0, 0.05) is 11.3 Å². The number of hydrogen-bond acceptors (Lipinski definition) is 2. The fraction of sp³-hybridized carbons (Fsp3) is 0.457. The molecule has 0 aliphatic heterocycles. The molecule has 204 valence electrons. The third-order valence-corrected chi connectivity index (χ3v) is 7.41. The van der Waals surface area contributed by atoms with Gasteiger partial charge in [0.1, 0.15) is 0 Å². The van der Waals surface area contributed by atoms with Crippen LogP contribution in [0.25, 0.3) is 0 Å². The van der Waals surface area contributed by atoms with Gasteiger partial charge in [0.15, 0.2) is 0 Å². The van der Waals surface area contributed by atoms with Crippen LogP contribution in [0, 0.1) is 0 Å². The normalized spacial score (nSPS) is 12.1. The van der Waals surface area contributed by atoms with Crippen LogP contribution in [0.5, 0.6) is 0 Å². The molecule has 0 saturated carbocycles. The molecular weight excluding hydrogens is 464 g/mol. The van der Waals surface area contributed by atoms with E-state index in [4.69, 9.17) is 0 Å². The molecule has 0 heterocycles. The smallest absolute Gasteiger partial charge is 0.258 e. The van der Waals surface area contributed by atoms with Gasteiger partial charge in [-0.05, 0) is 89.8 Å². The first-order valence-corrected chi connectivity index (χ1v) is 14.3. The SMILES string of the molecule is CCN(CC)CCCc1ccc(N(Cc2cc(C(C)(C)C)cc(C(C)(C)C)c2)C(=O)c2ccccc2)cc1. The van der Waals surface area contributed by atoms with E-state index in [1.807, 2.05) is 35.2 Å². The first-order valence-electron chi connectivity index (χ1n) is 14.3. The number of rotatable bonds is 10. The second kappa shape index (κ2) is 12.8. The van der Waals surface area contributed by atoms with Gasteiger partial charge < -0.3 is 9.80 Å². The lowest BCUT2D eigenvalue weighted by Crippen LogP contribution is -2.31. The molecule has 3 heteroatoms. The number of amides is 1. The molecule has 0 fully saturated rings. The average molecular weight is 513 g/mol. The Morgan fingerprint density at radius 1 is 0.711 bits per heavy atom. The van der Waals surface area contributed by atoms with Crippen LogP contribution in [-0.4, -0.2) is 30.4 Å². The van der Waals surface area contributed by atoms with E-state index >= 15 is 0 Å². The predicted octanol–water partition coefficient (Wildman–Crippen LogP) is 8.40. The van der Waals surface area contributed by atoms with Gasteiger partial charge in [-0.3, -0.25) is 4.79 Å². The molecule has 1 amide bonds. The molecule has 3 nitrogen and oxygen atoms in total. The first-order chi connectivity index (χ1) is 17.9. The Morgan fingerprint density at radius 3 is 1.76 bits per heavy atom. The summed E-state index contributed by atoms with van der Waals surface area (Å²) in [4.78, 5) is 18.2. The van der Waals surface area contributed by atoms with Crippen molar-refractivity contribution in [2.75, 3.05) is 24.5 Å². The third-order valence-electron chi connectivity index (χ3n) is 7.41. The highest BCUT2D eigenvalue weighted by Gasteiger charge is 2.23. The van der Waals surface area contributed by atoms with Gasteiger partial charge in [-0.15, -0.1) is 0 Å². The van der Waals surface area contributed by atoms with Crippen molar-refractivity contribution in [1.82, 2.24) is 4.90 Å². The standard InChI is InChI=1S/C35H48N2O/c1-9-36(10-2)22-14-15-27-18-20-32(21-19-27)37(33(38)29-16-12-11-13-17-29)26-28-23-30(34(3,4)5)25-31(24-28)35(6,7)8/h11-13,16-21,23-25H,9-10,14-15,22,26H2,1-8H3. The van der Waals surface area contributed by atoms with Crippen molar-refractivity contribution in [3.05, 3.63) is 101 Å². The van der Waals surface area contributed by atoms with Gasteiger partial charge in [0.05, 0.1) is 6.54 Å². The Bertz CT molecular complexity index is 1130. The Balaban J connectivity index is 1.94. The second-order valence-corrected chi connectivity index (χ2v) is 12.5. The van der Waals surface area contributed by atoms with Gasteiger partial charge in [0.25, 0.3) is 5.91 Å². The maximum absolute atomic E-state index is 13.8. The zero-order chi connectivity index (χ0) is 27.9. The number of carbonyl (C=O) groups is 1. The Labute approximate surface area is 231 Å². The second-order valence-electron chi connectivity index (χ2n) is 12.5. The molecule has 3 aromatic carbocycles. The Kier molecular flexibility index (Phi) is 9.95. The maximum atomic E-state index is 13.8. The molecule has 0 aliphatic carbocycles. The molecule has 0 spiro atoms. The monoisotopic (exact) mass is 512 g/mol. The number of aryl methyl sites for hydroxylation is 1. The minimum Gasteiger partial charge on any atom is -0.304 e. The van der Waals surface area contributed by atoms with E-state index < -0.39 is 0 Å². The molecular formula is C35H48N2O. The van der Waals surface area contributed by atoms with Crippen LogP contribution in [0.4, 0.5) is 5.69 Å². The van der Waals surface area contributed by atoms with Gasteiger partial charge in [-0.2, -0.15) is 0 Å². The summed E-state index contributed by atoms with van der Waals surface area (Å²) in [5.74, 6) is 0.0263. The summed E-state index contributed by atoms with van der Waals surface area (Å²) in [5.41, 5.74) is 6.77. The molecule has 3 rings (SSSR count). The molecule has 0 N–H and O–H groups in total. The van der Waals surface area contributed by atoms with Crippen LogP contribution in [0.3, 0.4) is 0 Å². The highest BCUT2D eigenvalue weighted by molar-refractivity contribution is 6.06. The summed E-state index contributed by atoms with van der Waals surface area (Å²) in [6.07, 6.45) is 2.19. The summed E-state index contributed by atoms with van der Waals surface area (Å²) in [7, 11) is 0. The van der Waals surface area contributed by atoms with Crippen LogP contribution < -0.4 is 4.90 Å². The highest BCUT2D eigenvalue weighted by Crippen LogP contribution is 2.32. The summed E-state index contributed by atoms with van der Waals surface area (Å²) in [6.45, 7) is 21.8. The zero-order valence-electron chi connectivity index (χ0n) is 25.0. The van der Waals surface area contributed by atoms with Crippen molar-refractivity contribution in [2.24, 2.45) is 0 Å². The van der Waals surface area contributed by atoms with E-state index in [-0.39, 0.29) is 16.7 Å². The number of carbonyl (C=O) groups excluding carboxylic acids is 1. The average Bonchev–Trinajstić information content (AvgIpc) is 2.89. The van der Waals surface area contributed by atoms with Crippen LogP contribution in [-0.2, 0) is 23.8 Å². The molecule has 0 saturated heterocycles. The van der Waals surface area contributed by atoms with Gasteiger partial charge in [-0.25, -0.2) is 0 Å². The van der Waals surface area contributed by atoms with E-state index in [9.17, 15) is 4.79 Å². The lowest BCUT2D eigenvalue weighted by atomic mass is 9.79. The number of anilines is 1. The van der Waals surface area contributed by atoms with Crippen molar-refractivity contribution < 1.29 is 4.79 Å². The molecule has 0 atom stereocenters. The van der Waals surface area contributed by atoms with Crippen molar-refractivity contribution in [3.63, 3.8) is 0 Å². The largest absolute Gasteiger partial charge is 0.304 e. The molecule has 0 unspecified atom stereocenters. The maximum Gasteiger partial charge on any atom is 0.258 e. The minimum atomic E-state index is 0.0249. The fourth-order valence-electron chi connectivity index (χ4n) is 4.74. The lowest BCUT2D eigenvalue weighted by Gasteiger charge is -2.28. The van der Waals surface area contributed by atoms with Crippen LogP contribution in [0.2, 0.25) is 0 Å². The van der Waals surface area contributed by atoms with Gasteiger partial charge in [-0.1, -0.05) is 104 Å². The lowest BCUT2D eigenvalue weighted by molar-refractivity contribution is 0.0985. The molecule has 0 bridgehead atoms. The van der Waals surface area contributed by atoms with E-state index in [1.165, 1.54) is 16.7 Å². The van der Waals surface area contributed by atoms with Crippen LogP contribution in [0.15, 0.2) is 72.8 Å². The van der Waals surface area contributed by atoms with E-state index in [2.05, 4.69) is 103 Å². The number of nitrogens with zero attached hydrogens (tertiary/aromatic N) is 2. The number of hydrogen-bond donors (Lipinski definition) is 0. The van der Waals surface area contributed by atoms with Gasteiger partial charge in [0.2, 0.25) is 0 Å². The molecule has 0 aromatic heterocycles. The predicted molar refractivity (Wildman–Crippen MR) is 163 cm³/mol.